The van der Waals surface area contributed by atoms with Crippen molar-refractivity contribution in [1.82, 2.24) is 5.32 Å². The quantitative estimate of drug-likeness (QED) is 0.676. The monoisotopic (exact) mass is 272 g/mol. The molecule has 0 aliphatic heterocycles. The van der Waals surface area contributed by atoms with E-state index < -0.39 is 0 Å². The summed E-state index contributed by atoms with van der Waals surface area (Å²) in [5, 5.41) is 12.1. The number of carbonyl (C=O) groups is 1. The molecule has 1 rings (SSSR count). The Morgan fingerprint density at radius 1 is 1.61 bits per heavy atom. The number of halogens is 1. The molecule has 0 bridgehead atoms. The van der Waals surface area contributed by atoms with Gasteiger partial charge in [-0.2, -0.15) is 0 Å². The standard InChI is InChI=1S/C12H17ClN2O3/c1-18-7-9(4-5-16)15-12(17)8-2-3-10(13)11(14)6-8/h2-3,6,9,16H,4-5,7,14H2,1H3,(H,15,17). The second-order valence-electron chi connectivity index (χ2n) is 3.87. The van der Waals surface area contributed by atoms with Gasteiger partial charge in [-0.05, 0) is 24.6 Å². The van der Waals surface area contributed by atoms with E-state index in [2.05, 4.69) is 5.32 Å². The van der Waals surface area contributed by atoms with E-state index in [1.54, 1.807) is 12.1 Å². The summed E-state index contributed by atoms with van der Waals surface area (Å²) in [6.45, 7) is 0.326. The minimum Gasteiger partial charge on any atom is -0.398 e. The second kappa shape index (κ2) is 7.20. The molecule has 1 atom stereocenters. The smallest absolute Gasteiger partial charge is 0.251 e. The van der Waals surface area contributed by atoms with E-state index in [-0.39, 0.29) is 18.6 Å². The highest BCUT2D eigenvalue weighted by atomic mass is 35.5. The summed E-state index contributed by atoms with van der Waals surface area (Å²) < 4.78 is 4.96. The van der Waals surface area contributed by atoms with Crippen LogP contribution in [-0.4, -0.2) is 37.4 Å². The van der Waals surface area contributed by atoms with Crippen molar-refractivity contribution in [1.29, 1.82) is 0 Å². The summed E-state index contributed by atoms with van der Waals surface area (Å²) in [4.78, 5) is 11.9. The highest BCUT2D eigenvalue weighted by Gasteiger charge is 2.14. The predicted molar refractivity (Wildman–Crippen MR) is 70.7 cm³/mol. The normalized spacial score (nSPS) is 12.2. The van der Waals surface area contributed by atoms with Crippen LogP contribution in [0.5, 0.6) is 0 Å². The van der Waals surface area contributed by atoms with E-state index in [0.29, 0.717) is 29.3 Å². The number of amides is 1. The summed E-state index contributed by atoms with van der Waals surface area (Å²) >= 11 is 5.78. The Labute approximate surface area is 111 Å². The van der Waals surface area contributed by atoms with Crippen molar-refractivity contribution in [2.75, 3.05) is 26.1 Å². The summed E-state index contributed by atoms with van der Waals surface area (Å²) in [7, 11) is 1.54. The van der Waals surface area contributed by atoms with Crippen molar-refractivity contribution < 1.29 is 14.6 Å². The molecule has 1 aromatic carbocycles. The van der Waals surface area contributed by atoms with E-state index in [1.165, 1.54) is 13.2 Å². The third kappa shape index (κ3) is 4.18. The molecule has 0 fully saturated rings. The first-order chi connectivity index (χ1) is 8.58. The van der Waals surface area contributed by atoms with Gasteiger partial charge in [0.15, 0.2) is 0 Å². The number of methoxy groups -OCH3 is 1. The Balaban J connectivity index is 2.70. The van der Waals surface area contributed by atoms with E-state index in [0.717, 1.165) is 0 Å². The van der Waals surface area contributed by atoms with Gasteiger partial charge in [-0.25, -0.2) is 0 Å². The molecule has 18 heavy (non-hydrogen) atoms. The van der Waals surface area contributed by atoms with Crippen LogP contribution < -0.4 is 11.1 Å². The van der Waals surface area contributed by atoms with Gasteiger partial charge in [-0.15, -0.1) is 0 Å². The number of ether oxygens (including phenoxy) is 1. The predicted octanol–water partition coefficient (Wildman–Crippen LogP) is 1.05. The first-order valence-corrected chi connectivity index (χ1v) is 5.92. The number of aliphatic hydroxyl groups excluding tert-OH is 1. The number of carbonyl (C=O) groups excluding carboxylic acids is 1. The van der Waals surface area contributed by atoms with E-state index >= 15 is 0 Å². The van der Waals surface area contributed by atoms with Crippen molar-refractivity contribution >= 4 is 23.2 Å². The molecule has 1 aromatic rings. The molecule has 1 unspecified atom stereocenters. The zero-order chi connectivity index (χ0) is 13.5. The van der Waals surface area contributed by atoms with Gasteiger partial charge in [0.25, 0.3) is 5.91 Å². The number of nitrogens with two attached hydrogens (primary N) is 1. The Kier molecular flexibility index (Phi) is 5.91. The summed E-state index contributed by atoms with van der Waals surface area (Å²) in [6, 6.07) is 4.45. The molecule has 100 valence electrons. The molecule has 0 saturated heterocycles. The molecule has 1 amide bonds. The second-order valence-corrected chi connectivity index (χ2v) is 4.28. The number of hydrogen-bond donors (Lipinski definition) is 3. The molecular weight excluding hydrogens is 256 g/mol. The molecule has 0 heterocycles. The fraction of sp³-hybridized carbons (Fsp3) is 0.417. The van der Waals surface area contributed by atoms with E-state index in [4.69, 9.17) is 27.2 Å². The SMILES string of the molecule is COCC(CCO)NC(=O)c1ccc(Cl)c(N)c1. The molecule has 0 aliphatic carbocycles. The maximum absolute atomic E-state index is 11.9. The average molecular weight is 273 g/mol. The lowest BCUT2D eigenvalue weighted by Gasteiger charge is -2.17. The number of nitrogens with one attached hydrogen (secondary N) is 1. The molecule has 0 spiro atoms. The van der Waals surface area contributed by atoms with Crippen molar-refractivity contribution in [3.63, 3.8) is 0 Å². The molecule has 5 nitrogen and oxygen atoms in total. The van der Waals surface area contributed by atoms with Crippen LogP contribution in [0.1, 0.15) is 16.8 Å². The molecule has 0 aromatic heterocycles. The van der Waals surface area contributed by atoms with Crippen molar-refractivity contribution in [2.45, 2.75) is 12.5 Å². The van der Waals surface area contributed by atoms with Gasteiger partial charge in [0, 0.05) is 19.3 Å². The fourth-order valence-corrected chi connectivity index (χ4v) is 1.63. The molecule has 4 N–H and O–H groups in total. The number of aliphatic hydroxyl groups is 1. The van der Waals surface area contributed by atoms with Gasteiger partial charge in [0.05, 0.1) is 23.4 Å². The van der Waals surface area contributed by atoms with Crippen LogP contribution in [0.3, 0.4) is 0 Å². The van der Waals surface area contributed by atoms with Gasteiger partial charge in [0.1, 0.15) is 0 Å². The van der Waals surface area contributed by atoms with Gasteiger partial charge in [-0.1, -0.05) is 11.6 Å². The molecule has 0 saturated carbocycles. The summed E-state index contributed by atoms with van der Waals surface area (Å²) in [6.07, 6.45) is 0.433. The number of anilines is 1. The topological polar surface area (TPSA) is 84.6 Å². The third-order valence-electron chi connectivity index (χ3n) is 2.44. The Morgan fingerprint density at radius 2 is 2.33 bits per heavy atom. The minimum absolute atomic E-state index is 0.0168. The third-order valence-corrected chi connectivity index (χ3v) is 2.78. The summed E-state index contributed by atoms with van der Waals surface area (Å²) in [5.74, 6) is -0.270. The molecule has 6 heteroatoms. The van der Waals surface area contributed by atoms with Crippen molar-refractivity contribution in [3.05, 3.63) is 28.8 Å². The highest BCUT2D eigenvalue weighted by Crippen LogP contribution is 2.19. The van der Waals surface area contributed by atoms with E-state index in [1.807, 2.05) is 0 Å². The highest BCUT2D eigenvalue weighted by molar-refractivity contribution is 6.33. The zero-order valence-corrected chi connectivity index (χ0v) is 10.9. The number of hydrogen-bond acceptors (Lipinski definition) is 4. The van der Waals surface area contributed by atoms with Crippen LogP contribution in [0.4, 0.5) is 5.69 Å². The molecular formula is C12H17ClN2O3. The lowest BCUT2D eigenvalue weighted by molar-refractivity contribution is 0.0879. The lowest BCUT2D eigenvalue weighted by atomic mass is 10.1. The van der Waals surface area contributed by atoms with Crippen LogP contribution in [0, 0.1) is 0 Å². The van der Waals surface area contributed by atoms with Gasteiger partial charge >= 0.3 is 0 Å². The number of rotatable bonds is 6. The Morgan fingerprint density at radius 3 is 2.89 bits per heavy atom. The van der Waals surface area contributed by atoms with Crippen LogP contribution in [-0.2, 0) is 4.74 Å². The average Bonchev–Trinajstić information content (AvgIpc) is 2.33. The minimum atomic E-state index is -0.270. The van der Waals surface area contributed by atoms with Crippen molar-refractivity contribution in [3.8, 4) is 0 Å². The zero-order valence-electron chi connectivity index (χ0n) is 10.1. The van der Waals surface area contributed by atoms with Gasteiger partial charge < -0.3 is 20.9 Å². The van der Waals surface area contributed by atoms with Crippen molar-refractivity contribution in [2.24, 2.45) is 0 Å². The largest absolute Gasteiger partial charge is 0.398 e. The van der Waals surface area contributed by atoms with Crippen LogP contribution in [0.2, 0.25) is 5.02 Å². The first-order valence-electron chi connectivity index (χ1n) is 5.54. The molecule has 0 radical (unpaired) electrons. The summed E-state index contributed by atoms with van der Waals surface area (Å²) in [5.41, 5.74) is 6.41. The Bertz CT molecular complexity index is 406. The Hall–Kier alpha value is -1.30. The lowest BCUT2D eigenvalue weighted by Crippen LogP contribution is -2.38. The molecule has 0 aliphatic rings. The van der Waals surface area contributed by atoms with Gasteiger partial charge in [0.2, 0.25) is 0 Å². The van der Waals surface area contributed by atoms with Crippen LogP contribution in [0.25, 0.3) is 0 Å². The van der Waals surface area contributed by atoms with Crippen LogP contribution in [0.15, 0.2) is 18.2 Å². The van der Waals surface area contributed by atoms with Gasteiger partial charge in [-0.3, -0.25) is 4.79 Å². The fourth-order valence-electron chi connectivity index (χ4n) is 1.51. The maximum atomic E-state index is 11.9. The van der Waals surface area contributed by atoms with Crippen LogP contribution >= 0.6 is 11.6 Å². The number of nitrogen functional groups attached to an aromatic ring is 1. The first kappa shape index (κ1) is 14.8. The van der Waals surface area contributed by atoms with E-state index in [9.17, 15) is 4.79 Å². The number of benzene rings is 1. The maximum Gasteiger partial charge on any atom is 0.251 e.